The number of amides is 1. The van der Waals surface area contributed by atoms with Crippen LogP contribution in [-0.2, 0) is 4.79 Å². The molecule has 1 aliphatic heterocycles. The summed E-state index contributed by atoms with van der Waals surface area (Å²) in [5, 5.41) is 11.1. The van der Waals surface area contributed by atoms with Crippen molar-refractivity contribution in [3.05, 3.63) is 34.7 Å². The maximum Gasteiger partial charge on any atom is 0.264 e. The van der Waals surface area contributed by atoms with E-state index < -0.39 is 0 Å². The predicted octanol–water partition coefficient (Wildman–Crippen LogP) is 2.90. The number of thioether (sulfide) groups is 1. The van der Waals surface area contributed by atoms with Gasteiger partial charge in [0.15, 0.2) is 5.17 Å². The summed E-state index contributed by atoms with van der Waals surface area (Å²) in [6.45, 7) is 4.03. The van der Waals surface area contributed by atoms with Crippen LogP contribution < -0.4 is 10.1 Å². The summed E-state index contributed by atoms with van der Waals surface area (Å²) in [5.74, 6) is 0.950. The first-order valence-electron chi connectivity index (χ1n) is 6.54. The number of hydrogen-bond acceptors (Lipinski definition) is 5. The van der Waals surface area contributed by atoms with Gasteiger partial charge in [0.25, 0.3) is 5.91 Å². The Kier molecular flexibility index (Phi) is 5.16. The van der Waals surface area contributed by atoms with E-state index in [0.717, 1.165) is 11.3 Å². The third kappa shape index (κ3) is 4.46. The number of ether oxygens (including phenoxy) is 1. The number of methoxy groups -OCH3 is 1. The molecule has 0 saturated carbocycles. The smallest absolute Gasteiger partial charge is 0.264 e. The standard InChI is InChI=1S/C15H17N3O2S/c1-10(2)9-16-18-15-17-14(19)13(21-15)8-11-4-6-12(20-3)7-5-11/h4-10H,1-3H3,(H,17,18,19)/b13-8-,16-9+. The molecule has 1 aromatic rings. The van der Waals surface area contributed by atoms with Crippen LogP contribution >= 0.6 is 11.8 Å². The van der Waals surface area contributed by atoms with Crippen LogP contribution in [0, 0.1) is 5.92 Å². The maximum atomic E-state index is 11.9. The van der Waals surface area contributed by atoms with Gasteiger partial charge in [0.2, 0.25) is 0 Å². The van der Waals surface area contributed by atoms with Crippen LogP contribution in [0.1, 0.15) is 19.4 Å². The van der Waals surface area contributed by atoms with E-state index in [0.29, 0.717) is 16.0 Å². The van der Waals surface area contributed by atoms with Crippen LogP contribution in [0.5, 0.6) is 5.75 Å². The molecule has 2 rings (SSSR count). The molecular weight excluding hydrogens is 286 g/mol. The molecule has 0 radical (unpaired) electrons. The zero-order chi connectivity index (χ0) is 15.2. The lowest BCUT2D eigenvalue weighted by molar-refractivity contribution is -0.115. The van der Waals surface area contributed by atoms with Gasteiger partial charge in [-0.05, 0) is 41.5 Å². The number of benzene rings is 1. The van der Waals surface area contributed by atoms with Crippen LogP contribution in [0.15, 0.2) is 39.4 Å². The van der Waals surface area contributed by atoms with Gasteiger partial charge in [-0.2, -0.15) is 5.10 Å². The Balaban J connectivity index is 2.10. The fourth-order valence-corrected chi connectivity index (χ4v) is 2.32. The van der Waals surface area contributed by atoms with Gasteiger partial charge in [-0.25, -0.2) is 0 Å². The number of carbonyl (C=O) groups excluding carboxylic acids is 1. The Morgan fingerprint density at radius 3 is 2.62 bits per heavy atom. The SMILES string of the molecule is COc1ccc(/C=C2\S/C(=N\N=C\C(C)C)NC2=O)cc1. The van der Waals surface area contributed by atoms with E-state index in [2.05, 4.69) is 15.5 Å². The zero-order valence-electron chi connectivity index (χ0n) is 12.2. The van der Waals surface area contributed by atoms with Crippen molar-refractivity contribution in [3.8, 4) is 5.75 Å². The van der Waals surface area contributed by atoms with Crippen LogP contribution in [-0.4, -0.2) is 24.4 Å². The fraction of sp³-hybridized carbons (Fsp3) is 0.267. The Hall–Kier alpha value is -2.08. The van der Waals surface area contributed by atoms with Crippen molar-refractivity contribution in [2.45, 2.75) is 13.8 Å². The largest absolute Gasteiger partial charge is 0.497 e. The van der Waals surface area contributed by atoms with Crippen LogP contribution in [0.4, 0.5) is 0 Å². The van der Waals surface area contributed by atoms with E-state index in [9.17, 15) is 4.79 Å². The second kappa shape index (κ2) is 7.08. The van der Waals surface area contributed by atoms with Crippen LogP contribution in [0.2, 0.25) is 0 Å². The van der Waals surface area contributed by atoms with E-state index in [1.54, 1.807) is 13.3 Å². The van der Waals surface area contributed by atoms with Gasteiger partial charge in [-0.15, -0.1) is 5.10 Å². The summed E-state index contributed by atoms with van der Waals surface area (Å²) in [4.78, 5) is 12.4. The predicted molar refractivity (Wildman–Crippen MR) is 87.5 cm³/mol. The second-order valence-corrected chi connectivity index (χ2v) is 5.78. The molecule has 1 N–H and O–H groups in total. The number of rotatable bonds is 4. The highest BCUT2D eigenvalue weighted by Gasteiger charge is 2.23. The molecule has 0 unspecified atom stereocenters. The lowest BCUT2D eigenvalue weighted by Gasteiger charge is -1.99. The number of nitrogens with one attached hydrogen (secondary N) is 1. The fourth-order valence-electron chi connectivity index (χ4n) is 1.55. The first kappa shape index (κ1) is 15.3. The third-order valence-electron chi connectivity index (χ3n) is 2.58. The van der Waals surface area contributed by atoms with Crippen molar-refractivity contribution < 1.29 is 9.53 Å². The zero-order valence-corrected chi connectivity index (χ0v) is 13.0. The third-order valence-corrected chi connectivity index (χ3v) is 3.48. The maximum absolute atomic E-state index is 11.9. The van der Waals surface area contributed by atoms with Gasteiger partial charge in [0, 0.05) is 6.21 Å². The summed E-state index contributed by atoms with van der Waals surface area (Å²) < 4.78 is 5.10. The average molecular weight is 303 g/mol. The molecule has 6 heteroatoms. The van der Waals surface area contributed by atoms with Crippen molar-refractivity contribution in [1.29, 1.82) is 0 Å². The highest BCUT2D eigenvalue weighted by atomic mass is 32.2. The topological polar surface area (TPSA) is 63.1 Å². The van der Waals surface area contributed by atoms with Crippen LogP contribution in [0.25, 0.3) is 6.08 Å². The van der Waals surface area contributed by atoms with E-state index in [4.69, 9.17) is 4.74 Å². The second-order valence-electron chi connectivity index (χ2n) is 4.75. The first-order chi connectivity index (χ1) is 10.1. The molecule has 0 aromatic heterocycles. The molecule has 0 aliphatic carbocycles. The summed E-state index contributed by atoms with van der Waals surface area (Å²) in [6.07, 6.45) is 3.54. The summed E-state index contributed by atoms with van der Waals surface area (Å²) in [6, 6.07) is 7.50. The van der Waals surface area contributed by atoms with Crippen LogP contribution in [0.3, 0.4) is 0 Å². The monoisotopic (exact) mass is 303 g/mol. The van der Waals surface area contributed by atoms with Crippen molar-refractivity contribution in [1.82, 2.24) is 5.32 Å². The minimum Gasteiger partial charge on any atom is -0.497 e. The molecule has 110 valence electrons. The van der Waals surface area contributed by atoms with Gasteiger partial charge in [-0.1, -0.05) is 26.0 Å². The Morgan fingerprint density at radius 2 is 2.00 bits per heavy atom. The molecule has 1 heterocycles. The summed E-state index contributed by atoms with van der Waals surface area (Å²) in [7, 11) is 1.62. The van der Waals surface area contributed by atoms with E-state index in [1.807, 2.05) is 44.2 Å². The summed E-state index contributed by atoms with van der Waals surface area (Å²) in [5.41, 5.74) is 0.931. The number of nitrogens with zero attached hydrogens (tertiary/aromatic N) is 2. The van der Waals surface area contributed by atoms with E-state index in [-0.39, 0.29) is 5.91 Å². The molecule has 1 aromatic carbocycles. The number of hydrogen-bond donors (Lipinski definition) is 1. The van der Waals surface area contributed by atoms with Gasteiger partial charge >= 0.3 is 0 Å². The summed E-state index contributed by atoms with van der Waals surface area (Å²) >= 11 is 1.28. The molecule has 0 atom stereocenters. The van der Waals surface area contributed by atoms with Crippen molar-refractivity contribution in [2.75, 3.05) is 7.11 Å². The Labute approximate surface area is 128 Å². The minimum absolute atomic E-state index is 0.158. The van der Waals surface area contributed by atoms with Gasteiger partial charge in [-0.3, -0.25) is 10.1 Å². The van der Waals surface area contributed by atoms with Gasteiger partial charge in [0.1, 0.15) is 5.75 Å². The van der Waals surface area contributed by atoms with Gasteiger partial charge < -0.3 is 4.74 Å². The normalized spacial score (nSPS) is 19.0. The molecule has 21 heavy (non-hydrogen) atoms. The van der Waals surface area contributed by atoms with Crippen molar-refractivity contribution in [3.63, 3.8) is 0 Å². The van der Waals surface area contributed by atoms with E-state index >= 15 is 0 Å². The van der Waals surface area contributed by atoms with Crippen molar-refractivity contribution in [2.24, 2.45) is 16.1 Å². The highest BCUT2D eigenvalue weighted by molar-refractivity contribution is 8.18. The molecule has 0 spiro atoms. The quantitative estimate of drug-likeness (QED) is 0.528. The minimum atomic E-state index is -0.158. The molecule has 1 saturated heterocycles. The molecule has 0 bridgehead atoms. The number of carbonyl (C=O) groups is 1. The lowest BCUT2D eigenvalue weighted by atomic mass is 10.2. The number of amidine groups is 1. The lowest BCUT2D eigenvalue weighted by Crippen LogP contribution is -2.19. The molecule has 1 aliphatic rings. The van der Waals surface area contributed by atoms with Crippen molar-refractivity contribution >= 4 is 35.1 Å². The molecule has 5 nitrogen and oxygen atoms in total. The Morgan fingerprint density at radius 1 is 1.29 bits per heavy atom. The first-order valence-corrected chi connectivity index (χ1v) is 7.36. The average Bonchev–Trinajstić information content (AvgIpc) is 2.79. The van der Waals surface area contributed by atoms with Gasteiger partial charge in [0.05, 0.1) is 12.0 Å². The van der Waals surface area contributed by atoms with E-state index in [1.165, 1.54) is 11.8 Å². The molecule has 1 amide bonds. The Bertz CT molecular complexity index is 604. The highest BCUT2D eigenvalue weighted by Crippen LogP contribution is 2.26. The molecule has 1 fully saturated rings. The molecular formula is C15H17N3O2S.